The van der Waals surface area contributed by atoms with Crippen molar-refractivity contribution in [2.75, 3.05) is 4.90 Å². The molecule has 0 unspecified atom stereocenters. The Bertz CT molecular complexity index is 2390. The van der Waals surface area contributed by atoms with E-state index in [1.807, 2.05) is 6.08 Å². The number of nitrogens with zero attached hydrogens (tertiary/aromatic N) is 1. The molecule has 0 atom stereocenters. The van der Waals surface area contributed by atoms with Crippen LogP contribution in [0.25, 0.3) is 72.1 Å². The maximum Gasteiger partial charge on any atom is 0.0462 e. The summed E-state index contributed by atoms with van der Waals surface area (Å²) in [7, 11) is 0. The van der Waals surface area contributed by atoms with Crippen LogP contribution in [-0.2, 0) is 0 Å². The van der Waals surface area contributed by atoms with Gasteiger partial charge in [0.2, 0.25) is 0 Å². The van der Waals surface area contributed by atoms with Gasteiger partial charge in [-0.15, -0.1) is 0 Å². The van der Waals surface area contributed by atoms with E-state index in [2.05, 4.69) is 181 Å². The highest BCUT2D eigenvalue weighted by Crippen LogP contribution is 2.57. The Morgan fingerprint density at radius 2 is 0.830 bits per heavy atom. The molecule has 1 aliphatic rings. The molecule has 0 spiro atoms. The molecule has 1 heteroatoms. The first kappa shape index (κ1) is 27.2. The molecule has 0 aromatic heterocycles. The molecule has 0 fully saturated rings. The molecular weight excluding hydrogens is 567 g/mol. The summed E-state index contributed by atoms with van der Waals surface area (Å²) >= 11 is 0. The number of anilines is 3. The summed E-state index contributed by atoms with van der Waals surface area (Å²) in [5.74, 6) is 0. The van der Waals surface area contributed by atoms with E-state index in [9.17, 15) is 0 Å². The van der Waals surface area contributed by atoms with Crippen LogP contribution in [0.3, 0.4) is 0 Å². The fourth-order valence-corrected chi connectivity index (χ4v) is 7.50. The fourth-order valence-electron chi connectivity index (χ4n) is 7.50. The molecule has 0 aliphatic heterocycles. The summed E-state index contributed by atoms with van der Waals surface area (Å²) in [6.45, 7) is 3.99. The smallest absolute Gasteiger partial charge is 0.0462 e. The van der Waals surface area contributed by atoms with Crippen LogP contribution >= 0.6 is 0 Å². The van der Waals surface area contributed by atoms with Crippen LogP contribution in [0.15, 0.2) is 176 Å². The van der Waals surface area contributed by atoms with E-state index in [0.29, 0.717) is 0 Å². The molecule has 47 heavy (non-hydrogen) atoms. The Kier molecular flexibility index (Phi) is 6.36. The Balaban J connectivity index is 1.32. The molecule has 0 bridgehead atoms. The Morgan fingerprint density at radius 3 is 1.32 bits per heavy atom. The molecule has 9 rings (SSSR count). The summed E-state index contributed by atoms with van der Waals surface area (Å²) in [6, 6.07) is 61.6. The van der Waals surface area contributed by atoms with Gasteiger partial charge < -0.3 is 4.90 Å². The summed E-state index contributed by atoms with van der Waals surface area (Å²) in [4.78, 5) is 2.32. The van der Waals surface area contributed by atoms with Crippen molar-refractivity contribution in [2.24, 2.45) is 0 Å². The van der Waals surface area contributed by atoms with Crippen molar-refractivity contribution in [3.05, 3.63) is 182 Å². The first-order chi connectivity index (χ1) is 23.3. The molecule has 8 aromatic carbocycles. The van der Waals surface area contributed by atoms with Gasteiger partial charge in [-0.25, -0.2) is 0 Å². The second-order valence-electron chi connectivity index (χ2n) is 12.1. The normalized spacial score (nSPS) is 11.5. The average molecular weight is 598 g/mol. The van der Waals surface area contributed by atoms with E-state index < -0.39 is 0 Å². The van der Waals surface area contributed by atoms with Crippen molar-refractivity contribution < 1.29 is 0 Å². The van der Waals surface area contributed by atoms with Crippen molar-refractivity contribution in [3.8, 4) is 44.5 Å². The monoisotopic (exact) mass is 597 g/mol. The third-order valence-electron chi connectivity index (χ3n) is 9.54. The van der Waals surface area contributed by atoms with Crippen LogP contribution in [-0.4, -0.2) is 0 Å². The highest BCUT2D eigenvalue weighted by Gasteiger charge is 2.30. The first-order valence-corrected chi connectivity index (χ1v) is 16.1. The van der Waals surface area contributed by atoms with Crippen LogP contribution in [0.4, 0.5) is 17.1 Å². The van der Waals surface area contributed by atoms with Crippen LogP contribution in [0, 0.1) is 0 Å². The third-order valence-corrected chi connectivity index (χ3v) is 9.54. The predicted octanol–water partition coefficient (Wildman–Crippen LogP) is 13.1. The lowest BCUT2D eigenvalue weighted by molar-refractivity contribution is 1.28. The van der Waals surface area contributed by atoms with Gasteiger partial charge in [0, 0.05) is 17.1 Å². The highest BCUT2D eigenvalue weighted by atomic mass is 15.1. The highest BCUT2D eigenvalue weighted by molar-refractivity contribution is 6.27. The molecule has 220 valence electrons. The van der Waals surface area contributed by atoms with E-state index in [-0.39, 0.29) is 0 Å². The molecule has 1 nitrogen and oxygen atoms in total. The van der Waals surface area contributed by atoms with Crippen molar-refractivity contribution in [1.82, 2.24) is 0 Å². The zero-order valence-electron chi connectivity index (χ0n) is 25.9. The van der Waals surface area contributed by atoms with Crippen LogP contribution in [0.1, 0.15) is 5.56 Å². The van der Waals surface area contributed by atoms with Gasteiger partial charge in [0.25, 0.3) is 0 Å². The molecular formula is C46H31N. The zero-order valence-corrected chi connectivity index (χ0v) is 25.9. The number of hydrogen-bond donors (Lipinski definition) is 0. The number of benzene rings is 8. The minimum Gasteiger partial charge on any atom is -0.311 e. The minimum atomic E-state index is 1.12. The molecule has 0 heterocycles. The van der Waals surface area contributed by atoms with Crippen molar-refractivity contribution >= 4 is 44.7 Å². The summed E-state index contributed by atoms with van der Waals surface area (Å²) in [5.41, 5.74) is 14.7. The van der Waals surface area contributed by atoms with Gasteiger partial charge in [-0.3, -0.25) is 0 Å². The van der Waals surface area contributed by atoms with E-state index in [1.165, 1.54) is 66.1 Å². The number of fused-ring (bicyclic) bond motifs is 4. The van der Waals surface area contributed by atoms with Gasteiger partial charge in [-0.2, -0.15) is 0 Å². The topological polar surface area (TPSA) is 3.24 Å². The predicted molar refractivity (Wildman–Crippen MR) is 202 cm³/mol. The average Bonchev–Trinajstić information content (AvgIpc) is 3.47. The summed E-state index contributed by atoms with van der Waals surface area (Å²) in [6.07, 6.45) is 1.91. The van der Waals surface area contributed by atoms with Gasteiger partial charge in [0.1, 0.15) is 0 Å². The summed E-state index contributed by atoms with van der Waals surface area (Å²) in [5, 5.41) is 5.13. The SMILES string of the molecule is C=Cc1ccc(-c2c3c(c(-c4ccc(N(c5ccccc5)c5ccccc5)cc4)c4ccccc24)-c2cccc4cccc-3c24)cc1. The molecule has 1 aliphatic carbocycles. The van der Waals surface area contributed by atoms with Gasteiger partial charge >= 0.3 is 0 Å². The lowest BCUT2D eigenvalue weighted by Crippen LogP contribution is -2.09. The lowest BCUT2D eigenvalue weighted by Gasteiger charge is -2.26. The van der Waals surface area contributed by atoms with Gasteiger partial charge in [0.15, 0.2) is 0 Å². The Labute approximate surface area is 275 Å². The van der Waals surface area contributed by atoms with E-state index >= 15 is 0 Å². The van der Waals surface area contributed by atoms with Crippen molar-refractivity contribution in [3.63, 3.8) is 0 Å². The second kappa shape index (κ2) is 11.0. The largest absolute Gasteiger partial charge is 0.311 e. The lowest BCUT2D eigenvalue weighted by atomic mass is 9.82. The van der Waals surface area contributed by atoms with Crippen LogP contribution in [0.2, 0.25) is 0 Å². The number of rotatable bonds is 6. The fraction of sp³-hybridized carbons (Fsp3) is 0. The van der Waals surface area contributed by atoms with Gasteiger partial charge in [-0.1, -0.05) is 146 Å². The quantitative estimate of drug-likeness (QED) is 0.184. The van der Waals surface area contributed by atoms with Gasteiger partial charge in [-0.05, 0) is 108 Å². The third kappa shape index (κ3) is 4.32. The molecule has 0 saturated heterocycles. The van der Waals surface area contributed by atoms with Gasteiger partial charge in [0.05, 0.1) is 0 Å². The molecule has 0 radical (unpaired) electrons. The Hall–Kier alpha value is -6.18. The number of hydrogen-bond acceptors (Lipinski definition) is 1. The van der Waals surface area contributed by atoms with E-state index in [1.54, 1.807) is 0 Å². The maximum atomic E-state index is 3.99. The van der Waals surface area contributed by atoms with Crippen molar-refractivity contribution in [1.29, 1.82) is 0 Å². The van der Waals surface area contributed by atoms with Crippen molar-refractivity contribution in [2.45, 2.75) is 0 Å². The first-order valence-electron chi connectivity index (χ1n) is 16.1. The summed E-state index contributed by atoms with van der Waals surface area (Å²) < 4.78 is 0. The zero-order chi connectivity index (χ0) is 31.3. The van der Waals surface area contributed by atoms with E-state index in [0.717, 1.165) is 22.6 Å². The van der Waals surface area contributed by atoms with Crippen LogP contribution < -0.4 is 4.90 Å². The minimum absolute atomic E-state index is 1.12. The second-order valence-corrected chi connectivity index (χ2v) is 12.1. The number of para-hydroxylation sites is 2. The standard InChI is InChI=1S/C46H31N/c1-2-31-23-25-33(26-24-31)43-38-19-9-10-20-39(38)44(46-41-22-12-14-32-13-11-21-40(42(32)41)45(43)46)34-27-29-37(30-28-34)47(35-15-5-3-6-16-35)36-17-7-4-8-18-36/h2-30H,1H2. The molecule has 8 aromatic rings. The van der Waals surface area contributed by atoms with Crippen LogP contribution in [0.5, 0.6) is 0 Å². The molecule has 0 amide bonds. The maximum absolute atomic E-state index is 3.99. The molecule has 0 N–H and O–H groups in total. The van der Waals surface area contributed by atoms with E-state index in [4.69, 9.17) is 0 Å². The Morgan fingerprint density at radius 1 is 0.383 bits per heavy atom. The molecule has 0 saturated carbocycles.